The zero-order valence-electron chi connectivity index (χ0n) is 18.6. The summed E-state index contributed by atoms with van der Waals surface area (Å²) in [5.74, 6) is -0.853. The van der Waals surface area contributed by atoms with Gasteiger partial charge in [0.1, 0.15) is 11.5 Å². The van der Waals surface area contributed by atoms with Crippen molar-refractivity contribution in [1.82, 2.24) is 4.90 Å². The lowest BCUT2D eigenvalue weighted by molar-refractivity contribution is -0.140. The Morgan fingerprint density at radius 2 is 1.81 bits per heavy atom. The Hall–Kier alpha value is -3.32. The Kier molecular flexibility index (Phi) is 6.19. The molecule has 2 aromatic rings. The molecule has 0 saturated carbocycles. The van der Waals surface area contributed by atoms with Gasteiger partial charge in [0, 0.05) is 38.5 Å². The second-order valence-electron chi connectivity index (χ2n) is 8.30. The van der Waals surface area contributed by atoms with Gasteiger partial charge in [-0.3, -0.25) is 9.59 Å². The quantitative estimate of drug-likeness (QED) is 0.425. The second-order valence-corrected chi connectivity index (χ2v) is 8.30. The second kappa shape index (κ2) is 9.04. The summed E-state index contributed by atoms with van der Waals surface area (Å²) in [5.41, 5.74) is 2.31. The standard InChI is InChI=1S/C25H28N2O5/c1-26(2)18-10-6-16(7-11-18)22-21(23(28)17-8-12-19(31-3)13-9-17)24(29)25(30)27(22)15-20-5-4-14-32-20/h6-13,20,22,28H,4-5,14-15H2,1-3H3/t20-,22-/m0/s1. The van der Waals surface area contributed by atoms with Crippen LogP contribution in [0.2, 0.25) is 0 Å². The molecule has 0 aromatic heterocycles. The molecule has 7 nitrogen and oxygen atoms in total. The van der Waals surface area contributed by atoms with Gasteiger partial charge in [-0.05, 0) is 54.8 Å². The predicted molar refractivity (Wildman–Crippen MR) is 122 cm³/mol. The fourth-order valence-electron chi connectivity index (χ4n) is 4.28. The van der Waals surface area contributed by atoms with Gasteiger partial charge in [0.05, 0.1) is 24.8 Å². The maximum absolute atomic E-state index is 13.1. The summed E-state index contributed by atoms with van der Waals surface area (Å²) in [6.45, 7) is 0.965. The molecule has 168 valence electrons. The van der Waals surface area contributed by atoms with Crippen molar-refractivity contribution in [2.24, 2.45) is 0 Å². The van der Waals surface area contributed by atoms with Crippen LogP contribution < -0.4 is 9.64 Å². The average Bonchev–Trinajstić information content (AvgIpc) is 3.41. The van der Waals surface area contributed by atoms with Gasteiger partial charge in [0.25, 0.3) is 11.7 Å². The molecule has 0 radical (unpaired) electrons. The minimum atomic E-state index is -0.683. The number of hydrogen-bond donors (Lipinski definition) is 1. The van der Waals surface area contributed by atoms with Crippen molar-refractivity contribution in [1.29, 1.82) is 0 Å². The lowest BCUT2D eigenvalue weighted by Gasteiger charge is -2.28. The third-order valence-electron chi connectivity index (χ3n) is 6.05. The number of nitrogens with zero attached hydrogens (tertiary/aromatic N) is 2. The summed E-state index contributed by atoms with van der Waals surface area (Å²) in [7, 11) is 5.45. The highest BCUT2D eigenvalue weighted by Gasteiger charge is 2.47. The van der Waals surface area contributed by atoms with Crippen LogP contribution in [0.5, 0.6) is 5.75 Å². The van der Waals surface area contributed by atoms with Crippen molar-refractivity contribution in [3.05, 3.63) is 65.2 Å². The molecular formula is C25H28N2O5. The van der Waals surface area contributed by atoms with Crippen LogP contribution in [0.4, 0.5) is 5.69 Å². The molecule has 2 fully saturated rings. The minimum absolute atomic E-state index is 0.0933. The van der Waals surface area contributed by atoms with Crippen LogP contribution in [-0.4, -0.2) is 62.2 Å². The number of ketones is 1. The van der Waals surface area contributed by atoms with Crippen LogP contribution in [-0.2, 0) is 14.3 Å². The highest BCUT2D eigenvalue weighted by Crippen LogP contribution is 2.40. The number of Topliss-reactive ketones (excluding diaryl/α,β-unsaturated/α-hetero) is 1. The normalized spacial score (nSPS) is 22.4. The highest BCUT2D eigenvalue weighted by molar-refractivity contribution is 6.46. The highest BCUT2D eigenvalue weighted by atomic mass is 16.5. The number of methoxy groups -OCH3 is 1. The Labute approximate surface area is 187 Å². The molecule has 2 atom stereocenters. The first kappa shape index (κ1) is 21.9. The van der Waals surface area contributed by atoms with Crippen LogP contribution >= 0.6 is 0 Å². The van der Waals surface area contributed by atoms with Crippen LogP contribution in [0.25, 0.3) is 5.76 Å². The molecular weight excluding hydrogens is 408 g/mol. The van der Waals surface area contributed by atoms with Gasteiger partial charge < -0.3 is 24.4 Å². The number of rotatable bonds is 6. The van der Waals surface area contributed by atoms with Crippen molar-refractivity contribution in [2.45, 2.75) is 25.0 Å². The third-order valence-corrected chi connectivity index (χ3v) is 6.05. The first-order chi connectivity index (χ1) is 15.4. The van der Waals surface area contributed by atoms with E-state index in [1.54, 1.807) is 31.4 Å². The van der Waals surface area contributed by atoms with Crippen LogP contribution in [0.3, 0.4) is 0 Å². The monoisotopic (exact) mass is 436 g/mol. The number of anilines is 1. The SMILES string of the molecule is COc1ccc(C(O)=C2C(=O)C(=O)N(C[C@@H]3CCCO3)[C@H]2c2ccc(N(C)C)cc2)cc1. The number of benzene rings is 2. The molecule has 2 heterocycles. The molecule has 32 heavy (non-hydrogen) atoms. The fraction of sp³-hybridized carbons (Fsp3) is 0.360. The van der Waals surface area contributed by atoms with Gasteiger partial charge in [-0.1, -0.05) is 12.1 Å². The summed E-state index contributed by atoms with van der Waals surface area (Å²) < 4.78 is 10.9. The molecule has 2 aliphatic heterocycles. The van der Waals surface area contributed by atoms with E-state index >= 15 is 0 Å². The molecule has 4 rings (SSSR count). The van der Waals surface area contributed by atoms with E-state index in [4.69, 9.17) is 9.47 Å². The van der Waals surface area contributed by atoms with E-state index in [-0.39, 0.29) is 17.4 Å². The van der Waals surface area contributed by atoms with Crippen molar-refractivity contribution in [3.63, 3.8) is 0 Å². The Morgan fingerprint density at radius 3 is 2.38 bits per heavy atom. The molecule has 1 N–H and O–H groups in total. The molecule has 0 unspecified atom stereocenters. The van der Waals surface area contributed by atoms with Crippen LogP contribution in [0, 0.1) is 0 Å². The van der Waals surface area contributed by atoms with E-state index in [1.165, 1.54) is 4.90 Å². The van der Waals surface area contributed by atoms with Gasteiger partial charge in [-0.2, -0.15) is 0 Å². The van der Waals surface area contributed by atoms with Gasteiger partial charge in [-0.15, -0.1) is 0 Å². The molecule has 0 aliphatic carbocycles. The van der Waals surface area contributed by atoms with E-state index in [9.17, 15) is 14.7 Å². The maximum atomic E-state index is 13.1. The lowest BCUT2D eigenvalue weighted by atomic mass is 9.95. The number of hydrogen-bond acceptors (Lipinski definition) is 6. The Balaban J connectivity index is 1.79. The molecule has 1 amide bonds. The number of likely N-dealkylation sites (tertiary alicyclic amines) is 1. The zero-order chi connectivity index (χ0) is 22.8. The number of carbonyl (C=O) groups excluding carboxylic acids is 2. The summed E-state index contributed by atoms with van der Waals surface area (Å²) in [6, 6.07) is 13.8. The zero-order valence-corrected chi connectivity index (χ0v) is 18.6. The number of amides is 1. The van der Waals surface area contributed by atoms with Crippen molar-refractivity contribution < 1.29 is 24.2 Å². The lowest BCUT2D eigenvalue weighted by Crippen LogP contribution is -2.36. The first-order valence-electron chi connectivity index (χ1n) is 10.7. The molecule has 2 saturated heterocycles. The van der Waals surface area contributed by atoms with Crippen molar-refractivity contribution >= 4 is 23.1 Å². The minimum Gasteiger partial charge on any atom is -0.507 e. The largest absolute Gasteiger partial charge is 0.507 e. The molecule has 0 spiro atoms. The van der Waals surface area contributed by atoms with Crippen molar-refractivity contribution in [2.75, 3.05) is 39.3 Å². The molecule has 0 bridgehead atoms. The van der Waals surface area contributed by atoms with Crippen LogP contribution in [0.1, 0.15) is 30.0 Å². The summed E-state index contributed by atoms with van der Waals surface area (Å²) in [6.07, 6.45) is 1.66. The van der Waals surface area contributed by atoms with Gasteiger partial charge in [0.2, 0.25) is 0 Å². The van der Waals surface area contributed by atoms with Crippen LogP contribution in [0.15, 0.2) is 54.1 Å². The fourth-order valence-corrected chi connectivity index (χ4v) is 4.28. The number of ether oxygens (including phenoxy) is 2. The first-order valence-corrected chi connectivity index (χ1v) is 10.7. The number of aliphatic hydroxyl groups excluding tert-OH is 1. The smallest absolute Gasteiger partial charge is 0.295 e. The average molecular weight is 437 g/mol. The summed E-state index contributed by atoms with van der Waals surface area (Å²) in [4.78, 5) is 29.7. The van der Waals surface area contributed by atoms with E-state index in [0.717, 1.165) is 24.1 Å². The topological polar surface area (TPSA) is 79.3 Å². The molecule has 2 aromatic carbocycles. The Morgan fingerprint density at radius 1 is 1.12 bits per heavy atom. The predicted octanol–water partition coefficient (Wildman–Crippen LogP) is 3.36. The number of aliphatic hydroxyl groups is 1. The van der Waals surface area contributed by atoms with E-state index < -0.39 is 17.7 Å². The van der Waals surface area contributed by atoms with E-state index in [2.05, 4.69) is 0 Å². The Bertz CT molecular complexity index is 1020. The van der Waals surface area contributed by atoms with Crippen molar-refractivity contribution in [3.8, 4) is 5.75 Å². The maximum Gasteiger partial charge on any atom is 0.295 e. The third kappa shape index (κ3) is 4.08. The summed E-state index contributed by atoms with van der Waals surface area (Å²) in [5, 5.41) is 11.1. The summed E-state index contributed by atoms with van der Waals surface area (Å²) >= 11 is 0. The van der Waals surface area contributed by atoms with Gasteiger partial charge >= 0.3 is 0 Å². The molecule has 2 aliphatic rings. The van der Waals surface area contributed by atoms with Gasteiger partial charge in [0.15, 0.2) is 0 Å². The van der Waals surface area contributed by atoms with Gasteiger partial charge in [-0.25, -0.2) is 0 Å². The number of carbonyl (C=O) groups is 2. The molecule has 7 heteroatoms. The van der Waals surface area contributed by atoms with E-state index in [0.29, 0.717) is 24.5 Å². The van der Waals surface area contributed by atoms with E-state index in [1.807, 2.05) is 43.3 Å².